The van der Waals surface area contributed by atoms with E-state index in [9.17, 15) is 14.4 Å². The number of nitrogens with zero attached hydrogens (tertiary/aromatic N) is 2. The van der Waals surface area contributed by atoms with Gasteiger partial charge in [0, 0.05) is 35.7 Å². The maximum atomic E-state index is 13.8. The average Bonchev–Trinajstić information content (AvgIpc) is 3.63. The first kappa shape index (κ1) is 22.2. The third-order valence-electron chi connectivity index (χ3n) is 7.32. The average molecular weight is 468 g/mol. The summed E-state index contributed by atoms with van der Waals surface area (Å²) in [5.74, 6) is -0.228. The zero-order chi connectivity index (χ0) is 22.9. The van der Waals surface area contributed by atoms with Crippen LogP contribution in [0.5, 0.6) is 0 Å². The molecular weight excluding hydrogens is 438 g/mol. The molecule has 3 fully saturated rings. The summed E-state index contributed by atoms with van der Waals surface area (Å²) in [5, 5.41) is 3.05. The van der Waals surface area contributed by atoms with Gasteiger partial charge in [-0.2, -0.15) is 0 Å². The maximum absolute atomic E-state index is 13.8. The number of ketones is 1. The predicted octanol–water partition coefficient (Wildman–Crippen LogP) is 3.09. The first-order valence-corrected chi connectivity index (χ1v) is 12.5. The van der Waals surface area contributed by atoms with Crippen LogP contribution < -0.4 is 5.32 Å². The molecule has 1 aromatic rings. The molecule has 2 amide bonds. The number of ether oxygens (including phenoxy) is 1. The number of likely N-dealkylation sites (tertiary alicyclic amines) is 1. The molecule has 2 saturated heterocycles. The van der Waals surface area contributed by atoms with Crippen molar-refractivity contribution in [2.45, 2.75) is 56.2 Å². The molecule has 0 radical (unpaired) electrons. The lowest BCUT2D eigenvalue weighted by Gasteiger charge is -2.30. The minimum Gasteiger partial charge on any atom is -0.367 e. The monoisotopic (exact) mass is 467 g/mol. The van der Waals surface area contributed by atoms with E-state index in [1.54, 1.807) is 17.2 Å². The van der Waals surface area contributed by atoms with E-state index in [0.717, 1.165) is 37.0 Å². The molecule has 1 saturated carbocycles. The molecule has 1 N–H and O–H groups in total. The summed E-state index contributed by atoms with van der Waals surface area (Å²) in [7, 11) is 0. The van der Waals surface area contributed by atoms with Crippen LogP contribution in [-0.2, 0) is 14.3 Å². The zero-order valence-corrected chi connectivity index (χ0v) is 19.3. The van der Waals surface area contributed by atoms with Crippen molar-refractivity contribution in [2.24, 2.45) is 16.8 Å². The standard InChI is InChI=1S/C25H29N3O4S/c1-2-15-13-28(22-18(29)14-32-23(15)22)25(31)21(17-5-3-4-6-17)27-24(30)20-8-7-19(33-20)16-9-11-26-12-10-16/h2,7-9,11-12,15-17,21-23H,1,3-6,10,13-14H2,(H,27,30)/t15-,16?,21-,22+,23+/m0/s1. The summed E-state index contributed by atoms with van der Waals surface area (Å²) >= 11 is 1.46. The van der Waals surface area contributed by atoms with Crippen LogP contribution in [0.2, 0.25) is 0 Å². The van der Waals surface area contributed by atoms with Gasteiger partial charge < -0.3 is 15.0 Å². The van der Waals surface area contributed by atoms with Gasteiger partial charge in [0.2, 0.25) is 5.91 Å². The summed E-state index contributed by atoms with van der Waals surface area (Å²) in [6.07, 6.45) is 11.9. The number of Topliss-reactive ketones (excluding diaryl/α,β-unsaturated/α-hetero) is 1. The van der Waals surface area contributed by atoms with Gasteiger partial charge in [0.05, 0.1) is 11.0 Å². The number of carbonyl (C=O) groups is 3. The van der Waals surface area contributed by atoms with E-state index >= 15 is 0 Å². The lowest BCUT2D eigenvalue weighted by atomic mass is 9.96. The Morgan fingerprint density at radius 1 is 1.30 bits per heavy atom. The van der Waals surface area contributed by atoms with Crippen molar-refractivity contribution >= 4 is 35.1 Å². The summed E-state index contributed by atoms with van der Waals surface area (Å²) in [6.45, 7) is 4.30. The number of hydrogen-bond acceptors (Lipinski definition) is 6. The number of thiophene rings is 1. The Morgan fingerprint density at radius 2 is 2.12 bits per heavy atom. The zero-order valence-electron chi connectivity index (χ0n) is 18.5. The normalized spacial score (nSPS) is 29.9. The second-order valence-electron chi connectivity index (χ2n) is 9.29. The number of allylic oxidation sites excluding steroid dienone is 1. The molecule has 5 rings (SSSR count). The molecule has 1 aliphatic carbocycles. The Labute approximate surface area is 197 Å². The first-order chi connectivity index (χ1) is 16.1. The van der Waals surface area contributed by atoms with Crippen molar-refractivity contribution in [3.05, 3.63) is 46.8 Å². The largest absolute Gasteiger partial charge is 0.367 e. The molecule has 4 aliphatic rings. The van der Waals surface area contributed by atoms with Crippen molar-refractivity contribution < 1.29 is 19.1 Å². The van der Waals surface area contributed by atoms with Crippen LogP contribution in [0.4, 0.5) is 0 Å². The second-order valence-corrected chi connectivity index (χ2v) is 10.4. The van der Waals surface area contributed by atoms with Gasteiger partial charge in [-0.3, -0.25) is 19.4 Å². The van der Waals surface area contributed by atoms with E-state index in [4.69, 9.17) is 4.74 Å². The number of aliphatic imine (C=N–C) groups is 1. The van der Waals surface area contributed by atoms with Crippen molar-refractivity contribution in [3.8, 4) is 0 Å². The van der Waals surface area contributed by atoms with Crippen LogP contribution in [0.15, 0.2) is 42.1 Å². The van der Waals surface area contributed by atoms with Crippen LogP contribution >= 0.6 is 11.3 Å². The number of fused-ring (bicyclic) bond motifs is 1. The molecule has 1 unspecified atom stereocenters. The van der Waals surface area contributed by atoms with Crippen LogP contribution in [0.3, 0.4) is 0 Å². The SMILES string of the molecule is C=C[C@H]1CN(C(=O)[C@@H](NC(=O)c2ccc(C3C=CN=CC3)s2)C2CCCC2)[C@@H]2C(=O)CO[C@@H]21. The number of amides is 2. The molecule has 174 valence electrons. The van der Waals surface area contributed by atoms with Gasteiger partial charge in [-0.15, -0.1) is 17.9 Å². The number of carbonyl (C=O) groups excluding carboxylic acids is 3. The Kier molecular flexibility index (Phi) is 6.29. The lowest BCUT2D eigenvalue weighted by molar-refractivity contribution is -0.139. The number of hydrogen-bond donors (Lipinski definition) is 1. The quantitative estimate of drug-likeness (QED) is 0.652. The van der Waals surface area contributed by atoms with Crippen LogP contribution in [-0.4, -0.2) is 60.1 Å². The highest BCUT2D eigenvalue weighted by Crippen LogP contribution is 2.36. The van der Waals surface area contributed by atoms with E-state index in [-0.39, 0.29) is 48.1 Å². The van der Waals surface area contributed by atoms with Crippen molar-refractivity contribution in [1.82, 2.24) is 10.2 Å². The summed E-state index contributed by atoms with van der Waals surface area (Å²) in [4.78, 5) is 46.9. The molecule has 5 atom stereocenters. The number of nitrogens with one attached hydrogen (secondary N) is 1. The van der Waals surface area contributed by atoms with Gasteiger partial charge in [0.25, 0.3) is 5.91 Å². The highest BCUT2D eigenvalue weighted by molar-refractivity contribution is 7.14. The van der Waals surface area contributed by atoms with Gasteiger partial charge in [-0.25, -0.2) is 0 Å². The fourth-order valence-electron chi connectivity index (χ4n) is 5.54. The fraction of sp³-hybridized carbons (Fsp3) is 0.520. The molecule has 33 heavy (non-hydrogen) atoms. The molecule has 4 heterocycles. The minimum atomic E-state index is -0.634. The van der Waals surface area contributed by atoms with Gasteiger partial charge in [0.15, 0.2) is 5.78 Å². The molecule has 0 aromatic carbocycles. The van der Waals surface area contributed by atoms with Gasteiger partial charge >= 0.3 is 0 Å². The van der Waals surface area contributed by atoms with Gasteiger partial charge in [-0.1, -0.05) is 25.0 Å². The Bertz CT molecular complexity index is 1010. The fourth-order valence-corrected chi connectivity index (χ4v) is 6.55. The van der Waals surface area contributed by atoms with Crippen molar-refractivity contribution in [2.75, 3.05) is 13.2 Å². The highest BCUT2D eigenvalue weighted by atomic mass is 32.1. The first-order valence-electron chi connectivity index (χ1n) is 11.7. The lowest BCUT2D eigenvalue weighted by Crippen LogP contribution is -2.54. The minimum absolute atomic E-state index is 0.0300. The third-order valence-corrected chi connectivity index (χ3v) is 8.54. The van der Waals surface area contributed by atoms with Crippen LogP contribution in [0.25, 0.3) is 0 Å². The van der Waals surface area contributed by atoms with Gasteiger partial charge in [-0.05, 0) is 37.3 Å². The maximum Gasteiger partial charge on any atom is 0.262 e. The summed E-state index contributed by atoms with van der Waals surface area (Å²) in [6, 6.07) is 2.60. The Hall–Kier alpha value is -2.58. The van der Waals surface area contributed by atoms with E-state index in [0.29, 0.717) is 11.4 Å². The molecule has 0 bridgehead atoms. The molecule has 3 aliphatic heterocycles. The van der Waals surface area contributed by atoms with E-state index < -0.39 is 12.1 Å². The van der Waals surface area contributed by atoms with Crippen molar-refractivity contribution in [1.29, 1.82) is 0 Å². The Morgan fingerprint density at radius 3 is 2.85 bits per heavy atom. The molecule has 8 heteroatoms. The second kappa shape index (κ2) is 9.35. The van der Waals surface area contributed by atoms with Gasteiger partial charge in [0.1, 0.15) is 18.7 Å². The summed E-state index contributed by atoms with van der Waals surface area (Å²) < 4.78 is 5.67. The number of rotatable bonds is 6. The smallest absolute Gasteiger partial charge is 0.262 e. The third kappa shape index (κ3) is 4.22. The molecule has 1 aromatic heterocycles. The van der Waals surface area contributed by atoms with E-state index in [1.807, 2.05) is 24.4 Å². The Balaban J connectivity index is 1.34. The van der Waals surface area contributed by atoms with E-state index in [2.05, 4.69) is 16.9 Å². The van der Waals surface area contributed by atoms with Crippen molar-refractivity contribution in [3.63, 3.8) is 0 Å². The topological polar surface area (TPSA) is 88.1 Å². The van der Waals surface area contributed by atoms with Crippen LogP contribution in [0.1, 0.15) is 52.6 Å². The predicted molar refractivity (Wildman–Crippen MR) is 126 cm³/mol. The molecule has 0 spiro atoms. The molecule has 7 nitrogen and oxygen atoms in total. The highest BCUT2D eigenvalue weighted by Gasteiger charge is 2.53. The molecular formula is C25H29N3O4S. The summed E-state index contributed by atoms with van der Waals surface area (Å²) in [5.41, 5.74) is 0. The van der Waals surface area contributed by atoms with E-state index in [1.165, 1.54) is 11.3 Å². The van der Waals surface area contributed by atoms with Crippen LogP contribution in [0, 0.1) is 11.8 Å².